The molecule has 0 saturated carbocycles. The van der Waals surface area contributed by atoms with E-state index in [1.54, 1.807) is 7.05 Å². The van der Waals surface area contributed by atoms with Crippen molar-refractivity contribution in [1.82, 2.24) is 15.6 Å². The highest BCUT2D eigenvalue weighted by Crippen LogP contribution is 2.37. The lowest BCUT2D eigenvalue weighted by Crippen LogP contribution is -2.44. The number of guanidine groups is 1. The lowest BCUT2D eigenvalue weighted by molar-refractivity contribution is -0.139. The Morgan fingerprint density at radius 1 is 1.42 bits per heavy atom. The summed E-state index contributed by atoms with van der Waals surface area (Å²) in [6.45, 7) is 3.37. The fourth-order valence-electron chi connectivity index (χ4n) is 2.51. The van der Waals surface area contributed by atoms with Gasteiger partial charge in [-0.3, -0.25) is 4.99 Å². The number of nitrogens with one attached hydrogen (secondary N) is 2. The van der Waals surface area contributed by atoms with E-state index in [4.69, 9.17) is 4.74 Å². The molecule has 10 heteroatoms. The molecule has 2 N–H and O–H groups in total. The monoisotopic (exact) mass is 504 g/mol. The number of ether oxygens (including phenoxy) is 1. The number of aromatic nitrogens is 1. The lowest BCUT2D eigenvalue weighted by atomic mass is 10.1. The average molecular weight is 504 g/mol. The van der Waals surface area contributed by atoms with Crippen molar-refractivity contribution in [2.24, 2.45) is 4.99 Å². The van der Waals surface area contributed by atoms with E-state index in [1.807, 2.05) is 11.8 Å². The third kappa shape index (κ3) is 7.01. The van der Waals surface area contributed by atoms with Crippen LogP contribution in [0, 0.1) is 0 Å². The van der Waals surface area contributed by atoms with Crippen molar-refractivity contribution in [2.45, 2.75) is 30.7 Å². The van der Waals surface area contributed by atoms with Gasteiger partial charge in [0.2, 0.25) is 5.88 Å². The molecular weight excluding hydrogens is 480 g/mol. The van der Waals surface area contributed by atoms with Gasteiger partial charge < -0.3 is 15.4 Å². The number of hydrogen-bond acceptors (Lipinski definition) is 4. The van der Waals surface area contributed by atoms with Gasteiger partial charge in [0.15, 0.2) is 5.96 Å². The Labute approximate surface area is 173 Å². The summed E-state index contributed by atoms with van der Waals surface area (Å²) in [6, 6.07) is 2.19. The third-order valence-electron chi connectivity index (χ3n) is 3.86. The fraction of sp³-hybridized carbons (Fsp3) is 0.625. The molecular formula is C16H24F3IN4OS. The number of hydrogen-bond donors (Lipinski definition) is 2. The zero-order chi connectivity index (χ0) is 18.3. The van der Waals surface area contributed by atoms with Crippen LogP contribution in [0.4, 0.5) is 13.2 Å². The minimum atomic E-state index is -4.48. The molecule has 2 rings (SSSR count). The molecule has 0 radical (unpaired) electrons. The first-order chi connectivity index (χ1) is 11.8. The average Bonchev–Trinajstić information content (AvgIpc) is 3.00. The Bertz CT molecular complexity index is 595. The molecule has 1 unspecified atom stereocenters. The number of halogens is 4. The van der Waals surface area contributed by atoms with Gasteiger partial charge in [-0.15, -0.1) is 24.0 Å². The minimum Gasteiger partial charge on any atom is -0.475 e. The molecule has 1 fully saturated rings. The molecule has 1 aromatic rings. The molecule has 5 nitrogen and oxygen atoms in total. The largest absolute Gasteiger partial charge is 0.475 e. The van der Waals surface area contributed by atoms with Crippen molar-refractivity contribution < 1.29 is 17.9 Å². The molecule has 148 valence electrons. The van der Waals surface area contributed by atoms with Gasteiger partial charge in [0.25, 0.3) is 0 Å². The normalized spacial score (nSPS) is 20.4. The lowest BCUT2D eigenvalue weighted by Gasteiger charge is -2.24. The van der Waals surface area contributed by atoms with Crippen molar-refractivity contribution >= 4 is 41.7 Å². The summed E-state index contributed by atoms with van der Waals surface area (Å²) in [7, 11) is 1.65. The second kappa shape index (κ2) is 10.4. The maximum atomic E-state index is 12.9. The molecule has 0 aromatic carbocycles. The highest BCUT2D eigenvalue weighted by molar-refractivity contribution is 14.0. The summed E-state index contributed by atoms with van der Waals surface area (Å²) in [5.41, 5.74) is -0.872. The van der Waals surface area contributed by atoms with E-state index in [1.165, 1.54) is 24.4 Å². The molecule has 1 aromatic heterocycles. The molecule has 0 aliphatic carbocycles. The fourth-order valence-corrected chi connectivity index (χ4v) is 3.75. The summed E-state index contributed by atoms with van der Waals surface area (Å²) in [5.74, 6) is 1.37. The van der Waals surface area contributed by atoms with Crippen molar-refractivity contribution in [3.8, 4) is 5.88 Å². The van der Waals surface area contributed by atoms with Crippen molar-refractivity contribution in [3.63, 3.8) is 0 Å². The Hall–Kier alpha value is -0.910. The molecule has 1 atom stereocenters. The van der Waals surface area contributed by atoms with E-state index in [-0.39, 0.29) is 35.3 Å². The SMILES string of the molecule is CN=C(NCCOc1ncccc1C(F)(F)F)NCC1(C)CCCS1.I. The van der Waals surface area contributed by atoms with Crippen LogP contribution in [0.5, 0.6) is 5.88 Å². The highest BCUT2D eigenvalue weighted by atomic mass is 127. The minimum absolute atomic E-state index is 0. The van der Waals surface area contributed by atoms with Gasteiger partial charge in [0, 0.05) is 24.5 Å². The number of nitrogens with zero attached hydrogens (tertiary/aromatic N) is 2. The first-order valence-corrected chi connectivity index (χ1v) is 9.06. The maximum absolute atomic E-state index is 12.9. The molecule has 1 aliphatic heterocycles. The summed E-state index contributed by atoms with van der Waals surface area (Å²) in [5, 5.41) is 6.29. The van der Waals surface area contributed by atoms with E-state index in [0.717, 1.165) is 19.0 Å². The predicted octanol–water partition coefficient (Wildman–Crippen LogP) is 3.55. The first kappa shape index (κ1) is 23.1. The zero-order valence-electron chi connectivity index (χ0n) is 14.7. The van der Waals surface area contributed by atoms with Gasteiger partial charge in [-0.2, -0.15) is 24.9 Å². The molecule has 1 aliphatic rings. The number of pyridine rings is 1. The van der Waals surface area contributed by atoms with Crippen LogP contribution in [0.15, 0.2) is 23.3 Å². The standard InChI is InChI=1S/C16H23F3N4OS.HI/c1-15(6-4-10-25-15)11-23-14(20-2)22-8-9-24-13-12(16(17,18)19)5-3-7-21-13;/h3,5,7H,4,6,8-11H2,1-2H3,(H2,20,22,23);1H. The van der Waals surface area contributed by atoms with Gasteiger partial charge in [-0.25, -0.2) is 4.98 Å². The Balaban J connectivity index is 0.00000338. The van der Waals surface area contributed by atoms with E-state index >= 15 is 0 Å². The zero-order valence-corrected chi connectivity index (χ0v) is 17.9. The second-order valence-electron chi connectivity index (χ2n) is 5.96. The van der Waals surface area contributed by atoms with Gasteiger partial charge in [-0.05, 0) is 37.7 Å². The van der Waals surface area contributed by atoms with Gasteiger partial charge in [0.05, 0.1) is 6.54 Å². The molecule has 0 bridgehead atoms. The second-order valence-corrected chi connectivity index (χ2v) is 7.64. The van der Waals surface area contributed by atoms with E-state index in [0.29, 0.717) is 12.5 Å². The summed E-state index contributed by atoms with van der Waals surface area (Å²) >= 11 is 1.94. The van der Waals surface area contributed by atoms with Crippen molar-refractivity contribution in [2.75, 3.05) is 32.5 Å². The van der Waals surface area contributed by atoms with Crippen LogP contribution in [-0.4, -0.2) is 48.2 Å². The van der Waals surface area contributed by atoms with Crippen LogP contribution in [0.2, 0.25) is 0 Å². The molecule has 1 saturated heterocycles. The smallest absolute Gasteiger partial charge is 0.421 e. The molecule has 26 heavy (non-hydrogen) atoms. The maximum Gasteiger partial charge on any atom is 0.421 e. The van der Waals surface area contributed by atoms with Crippen LogP contribution >= 0.6 is 35.7 Å². The van der Waals surface area contributed by atoms with Crippen LogP contribution < -0.4 is 15.4 Å². The molecule has 2 heterocycles. The van der Waals surface area contributed by atoms with Gasteiger partial charge >= 0.3 is 6.18 Å². The van der Waals surface area contributed by atoms with E-state index < -0.39 is 17.6 Å². The van der Waals surface area contributed by atoms with Crippen molar-refractivity contribution in [1.29, 1.82) is 0 Å². The summed E-state index contributed by atoms with van der Waals surface area (Å²) in [6.07, 6.45) is -0.833. The number of thioether (sulfide) groups is 1. The van der Waals surface area contributed by atoms with Crippen molar-refractivity contribution in [3.05, 3.63) is 23.9 Å². The predicted molar refractivity (Wildman–Crippen MR) is 110 cm³/mol. The van der Waals surface area contributed by atoms with Crippen LogP contribution in [0.1, 0.15) is 25.3 Å². The number of aliphatic imine (C=N–C) groups is 1. The number of rotatable bonds is 6. The molecule has 0 amide bonds. The molecule has 0 spiro atoms. The quantitative estimate of drug-likeness (QED) is 0.269. The van der Waals surface area contributed by atoms with E-state index in [2.05, 4.69) is 27.5 Å². The number of alkyl halides is 3. The Morgan fingerprint density at radius 3 is 2.81 bits per heavy atom. The van der Waals surface area contributed by atoms with Crippen LogP contribution in [-0.2, 0) is 6.18 Å². The highest BCUT2D eigenvalue weighted by Gasteiger charge is 2.35. The summed E-state index contributed by atoms with van der Waals surface area (Å²) in [4.78, 5) is 7.78. The van der Waals surface area contributed by atoms with Gasteiger partial charge in [-0.1, -0.05) is 0 Å². The van der Waals surface area contributed by atoms with Crippen LogP contribution in [0.3, 0.4) is 0 Å². The Morgan fingerprint density at radius 2 is 2.19 bits per heavy atom. The topological polar surface area (TPSA) is 58.5 Å². The first-order valence-electron chi connectivity index (χ1n) is 8.07. The van der Waals surface area contributed by atoms with E-state index in [9.17, 15) is 13.2 Å². The van der Waals surface area contributed by atoms with Crippen LogP contribution in [0.25, 0.3) is 0 Å². The Kier molecular flexibility index (Phi) is 9.28. The van der Waals surface area contributed by atoms with Gasteiger partial charge in [0.1, 0.15) is 12.2 Å². The third-order valence-corrected chi connectivity index (χ3v) is 5.40. The summed E-state index contributed by atoms with van der Waals surface area (Å²) < 4.78 is 43.9.